The zero-order valence-corrected chi connectivity index (χ0v) is 16.1. The number of carbonyl (C=O) groups excluding carboxylic acids is 2. The highest BCUT2D eigenvalue weighted by molar-refractivity contribution is 7.17. The molecule has 0 bridgehead atoms. The lowest BCUT2D eigenvalue weighted by Gasteiger charge is -2.05. The maximum Gasteiger partial charge on any atom is 0.267 e. The number of aromatic nitrogens is 1. The molecule has 2 amide bonds. The summed E-state index contributed by atoms with van der Waals surface area (Å²) in [6.45, 7) is 1.72. The van der Waals surface area contributed by atoms with Crippen LogP contribution in [-0.4, -0.2) is 23.9 Å². The second kappa shape index (κ2) is 8.20. The van der Waals surface area contributed by atoms with Crippen molar-refractivity contribution in [3.05, 3.63) is 69.7 Å². The van der Waals surface area contributed by atoms with Gasteiger partial charge in [-0.15, -0.1) is 0 Å². The standard InChI is InChI=1S/C19H16ClN3O3S/c1-11-16(18(25)22-14-6-8-15(26-2)9-7-14)27-19(21-11)23-17(24)12-4-3-5-13(20)10-12/h3-10H,1-2H3,(H,22,25)(H,21,23,24). The van der Waals surface area contributed by atoms with E-state index in [9.17, 15) is 9.59 Å². The van der Waals surface area contributed by atoms with Gasteiger partial charge in [0.25, 0.3) is 11.8 Å². The summed E-state index contributed by atoms with van der Waals surface area (Å²) in [5, 5.41) is 6.31. The summed E-state index contributed by atoms with van der Waals surface area (Å²) < 4.78 is 5.09. The molecule has 0 aliphatic carbocycles. The van der Waals surface area contributed by atoms with Crippen LogP contribution in [0.4, 0.5) is 10.8 Å². The summed E-state index contributed by atoms with van der Waals surface area (Å²) in [4.78, 5) is 29.5. The molecule has 1 aromatic heterocycles. The predicted octanol–water partition coefficient (Wildman–Crippen LogP) is 4.62. The number of rotatable bonds is 5. The molecule has 0 saturated carbocycles. The number of hydrogen-bond donors (Lipinski definition) is 2. The number of carbonyl (C=O) groups is 2. The molecular formula is C19H16ClN3O3S. The first-order valence-corrected chi connectivity index (χ1v) is 9.15. The van der Waals surface area contributed by atoms with Crippen LogP contribution >= 0.6 is 22.9 Å². The Kier molecular flexibility index (Phi) is 5.73. The molecule has 0 spiro atoms. The zero-order chi connectivity index (χ0) is 19.4. The van der Waals surface area contributed by atoms with E-state index in [0.29, 0.717) is 37.7 Å². The molecule has 0 atom stereocenters. The van der Waals surface area contributed by atoms with Crippen molar-refractivity contribution in [3.63, 3.8) is 0 Å². The highest BCUT2D eigenvalue weighted by Gasteiger charge is 2.17. The number of ether oxygens (including phenoxy) is 1. The van der Waals surface area contributed by atoms with Gasteiger partial charge in [-0.1, -0.05) is 29.0 Å². The van der Waals surface area contributed by atoms with Gasteiger partial charge >= 0.3 is 0 Å². The Balaban J connectivity index is 1.71. The third-order valence-electron chi connectivity index (χ3n) is 3.66. The summed E-state index contributed by atoms with van der Waals surface area (Å²) >= 11 is 7.01. The number of halogens is 1. The third kappa shape index (κ3) is 4.64. The van der Waals surface area contributed by atoms with Crippen LogP contribution in [0.15, 0.2) is 48.5 Å². The molecule has 3 aromatic rings. The van der Waals surface area contributed by atoms with E-state index in [1.807, 2.05) is 0 Å². The number of nitrogens with zero attached hydrogens (tertiary/aromatic N) is 1. The molecule has 0 aliphatic rings. The minimum Gasteiger partial charge on any atom is -0.497 e. The van der Waals surface area contributed by atoms with Crippen molar-refractivity contribution in [1.29, 1.82) is 0 Å². The van der Waals surface area contributed by atoms with Gasteiger partial charge < -0.3 is 10.1 Å². The highest BCUT2D eigenvalue weighted by Crippen LogP contribution is 2.25. The quantitative estimate of drug-likeness (QED) is 0.653. The molecule has 6 nitrogen and oxygen atoms in total. The predicted molar refractivity (Wildman–Crippen MR) is 107 cm³/mol. The fourth-order valence-electron chi connectivity index (χ4n) is 2.32. The summed E-state index contributed by atoms with van der Waals surface area (Å²) in [7, 11) is 1.58. The molecule has 0 aliphatic heterocycles. The van der Waals surface area contributed by atoms with Crippen molar-refractivity contribution in [2.24, 2.45) is 0 Å². The minimum absolute atomic E-state index is 0.293. The lowest BCUT2D eigenvalue weighted by atomic mass is 10.2. The molecule has 0 radical (unpaired) electrons. The van der Waals surface area contributed by atoms with Crippen molar-refractivity contribution in [1.82, 2.24) is 4.98 Å². The van der Waals surface area contributed by atoms with Crippen LogP contribution < -0.4 is 15.4 Å². The average Bonchev–Trinajstić information content (AvgIpc) is 3.02. The first-order chi connectivity index (χ1) is 13.0. The minimum atomic E-state index is -0.339. The number of thiazole rings is 1. The Morgan fingerprint density at radius 1 is 1.07 bits per heavy atom. The topological polar surface area (TPSA) is 80.3 Å². The Morgan fingerprint density at radius 2 is 1.81 bits per heavy atom. The van der Waals surface area contributed by atoms with E-state index in [1.54, 1.807) is 62.6 Å². The molecule has 2 aromatic carbocycles. The summed E-state index contributed by atoms with van der Waals surface area (Å²) in [6, 6.07) is 13.6. The fraction of sp³-hybridized carbons (Fsp3) is 0.105. The highest BCUT2D eigenvalue weighted by atomic mass is 35.5. The lowest BCUT2D eigenvalue weighted by molar-refractivity contribution is 0.102. The Labute approximate surface area is 165 Å². The molecule has 2 N–H and O–H groups in total. The Bertz CT molecular complexity index is 986. The van der Waals surface area contributed by atoms with Crippen molar-refractivity contribution in [2.75, 3.05) is 17.7 Å². The molecule has 8 heteroatoms. The van der Waals surface area contributed by atoms with E-state index in [0.717, 1.165) is 11.3 Å². The zero-order valence-electron chi connectivity index (χ0n) is 14.6. The largest absolute Gasteiger partial charge is 0.497 e. The van der Waals surface area contributed by atoms with Crippen LogP contribution in [0, 0.1) is 6.92 Å². The summed E-state index contributed by atoms with van der Waals surface area (Å²) in [5.74, 6) is 0.0692. The number of methoxy groups -OCH3 is 1. The van der Waals surface area contributed by atoms with Gasteiger partial charge in [-0.3, -0.25) is 14.9 Å². The van der Waals surface area contributed by atoms with E-state index in [4.69, 9.17) is 16.3 Å². The summed E-state index contributed by atoms with van der Waals surface area (Å²) in [6.07, 6.45) is 0. The van der Waals surface area contributed by atoms with Gasteiger partial charge in [0.2, 0.25) is 0 Å². The van der Waals surface area contributed by atoms with Crippen molar-refractivity contribution in [3.8, 4) is 5.75 Å². The van der Waals surface area contributed by atoms with Crippen molar-refractivity contribution >= 4 is 45.6 Å². The Morgan fingerprint density at radius 3 is 2.48 bits per heavy atom. The monoisotopic (exact) mass is 401 g/mol. The van der Waals surface area contributed by atoms with E-state index < -0.39 is 0 Å². The van der Waals surface area contributed by atoms with E-state index in [-0.39, 0.29) is 11.8 Å². The lowest BCUT2D eigenvalue weighted by Crippen LogP contribution is -2.11. The SMILES string of the molecule is COc1ccc(NC(=O)c2sc(NC(=O)c3cccc(Cl)c3)nc2C)cc1. The van der Waals surface area contributed by atoms with Crippen LogP contribution in [-0.2, 0) is 0 Å². The maximum atomic E-state index is 12.5. The fourth-order valence-corrected chi connectivity index (χ4v) is 3.37. The van der Waals surface area contributed by atoms with Crippen LogP contribution in [0.3, 0.4) is 0 Å². The normalized spacial score (nSPS) is 10.3. The molecule has 0 saturated heterocycles. The van der Waals surface area contributed by atoms with Crippen molar-refractivity contribution in [2.45, 2.75) is 6.92 Å². The smallest absolute Gasteiger partial charge is 0.267 e. The third-order valence-corrected chi connectivity index (χ3v) is 4.96. The van der Waals surface area contributed by atoms with Crippen molar-refractivity contribution < 1.29 is 14.3 Å². The number of nitrogens with one attached hydrogen (secondary N) is 2. The number of anilines is 2. The molecule has 0 fully saturated rings. The Hall–Kier alpha value is -2.90. The van der Waals surface area contributed by atoms with Gasteiger partial charge in [-0.05, 0) is 49.4 Å². The second-order valence-electron chi connectivity index (χ2n) is 5.58. The molecule has 3 rings (SSSR count). The van der Waals surface area contributed by atoms with Gasteiger partial charge in [0.05, 0.1) is 12.8 Å². The number of benzene rings is 2. The second-order valence-corrected chi connectivity index (χ2v) is 7.02. The van der Waals surface area contributed by atoms with Gasteiger partial charge in [-0.2, -0.15) is 0 Å². The van der Waals surface area contributed by atoms with E-state index in [2.05, 4.69) is 15.6 Å². The van der Waals surface area contributed by atoms with E-state index >= 15 is 0 Å². The molecular weight excluding hydrogens is 386 g/mol. The van der Waals surface area contributed by atoms with Gasteiger partial charge in [0.1, 0.15) is 10.6 Å². The maximum absolute atomic E-state index is 12.5. The molecule has 27 heavy (non-hydrogen) atoms. The van der Waals surface area contributed by atoms with Crippen LogP contribution in [0.25, 0.3) is 0 Å². The van der Waals surface area contributed by atoms with Gasteiger partial charge in [0.15, 0.2) is 5.13 Å². The average molecular weight is 402 g/mol. The summed E-state index contributed by atoms with van der Waals surface area (Å²) in [5.41, 5.74) is 1.59. The van der Waals surface area contributed by atoms with Crippen LogP contribution in [0.1, 0.15) is 25.7 Å². The molecule has 138 valence electrons. The number of hydrogen-bond acceptors (Lipinski definition) is 5. The first kappa shape index (κ1) is 18.9. The van der Waals surface area contributed by atoms with Crippen LogP contribution in [0.5, 0.6) is 5.75 Å². The van der Waals surface area contributed by atoms with Crippen LogP contribution in [0.2, 0.25) is 5.02 Å². The van der Waals surface area contributed by atoms with Gasteiger partial charge in [-0.25, -0.2) is 4.98 Å². The van der Waals surface area contributed by atoms with Gasteiger partial charge in [0, 0.05) is 16.3 Å². The number of aryl methyl sites for hydroxylation is 1. The van der Waals surface area contributed by atoms with E-state index in [1.165, 1.54) is 0 Å². The molecule has 0 unspecified atom stereocenters. The first-order valence-electron chi connectivity index (χ1n) is 7.96. The molecule has 1 heterocycles. The number of amides is 2.